The summed E-state index contributed by atoms with van der Waals surface area (Å²) in [6, 6.07) is 0. The Labute approximate surface area is 88.4 Å². The van der Waals surface area contributed by atoms with Crippen molar-refractivity contribution in [3.63, 3.8) is 0 Å². The fourth-order valence-corrected chi connectivity index (χ4v) is 3.26. The molecule has 0 aromatic carbocycles. The van der Waals surface area contributed by atoms with Crippen LogP contribution in [0.1, 0.15) is 6.92 Å². The summed E-state index contributed by atoms with van der Waals surface area (Å²) in [6.07, 6.45) is 9.26. The van der Waals surface area contributed by atoms with Crippen molar-refractivity contribution in [2.75, 3.05) is 0 Å². The molecular weight excluding hydrogens is 188 g/mol. The second-order valence-electron chi connectivity index (χ2n) is 4.41. The normalized spacial score (nSPS) is 44.2. The van der Waals surface area contributed by atoms with Crippen molar-refractivity contribution >= 4 is 11.6 Å². The number of allylic oxidation sites excluding steroid dienone is 6. The zero-order valence-corrected chi connectivity index (χ0v) is 8.51. The molecule has 3 aliphatic carbocycles. The molecule has 3 rings (SSSR count). The van der Waals surface area contributed by atoms with Crippen LogP contribution in [0.25, 0.3) is 0 Å². The third-order valence-electron chi connectivity index (χ3n) is 3.86. The van der Waals surface area contributed by atoms with E-state index >= 15 is 0 Å². The maximum Gasteiger partial charge on any atom is 0.160 e. The number of carbonyl (C=O) groups is 2. The largest absolute Gasteiger partial charge is 0.294 e. The molecule has 0 bridgehead atoms. The second kappa shape index (κ2) is 2.78. The Kier molecular flexibility index (Phi) is 1.64. The van der Waals surface area contributed by atoms with E-state index in [9.17, 15) is 9.59 Å². The van der Waals surface area contributed by atoms with Gasteiger partial charge in [0.25, 0.3) is 0 Å². The second-order valence-corrected chi connectivity index (χ2v) is 4.41. The Morgan fingerprint density at radius 3 is 1.87 bits per heavy atom. The van der Waals surface area contributed by atoms with Crippen molar-refractivity contribution in [1.29, 1.82) is 0 Å². The zero-order valence-electron chi connectivity index (χ0n) is 8.51. The smallest absolute Gasteiger partial charge is 0.160 e. The van der Waals surface area contributed by atoms with Gasteiger partial charge in [0, 0.05) is 23.7 Å². The maximum atomic E-state index is 11.7. The van der Waals surface area contributed by atoms with Crippen molar-refractivity contribution in [2.45, 2.75) is 6.92 Å². The molecule has 0 spiro atoms. The molecule has 0 aromatic heterocycles. The van der Waals surface area contributed by atoms with Crippen molar-refractivity contribution in [3.05, 3.63) is 36.0 Å². The molecule has 0 N–H and O–H groups in total. The minimum Gasteiger partial charge on any atom is -0.294 e. The van der Waals surface area contributed by atoms with E-state index in [2.05, 4.69) is 6.08 Å². The van der Waals surface area contributed by atoms with Gasteiger partial charge in [-0.25, -0.2) is 0 Å². The number of hydrogen-bond donors (Lipinski definition) is 0. The van der Waals surface area contributed by atoms with Crippen LogP contribution in [0.5, 0.6) is 0 Å². The summed E-state index contributed by atoms with van der Waals surface area (Å²) < 4.78 is 0. The van der Waals surface area contributed by atoms with Crippen LogP contribution in [0, 0.1) is 23.7 Å². The van der Waals surface area contributed by atoms with Gasteiger partial charge in [0.2, 0.25) is 0 Å². The van der Waals surface area contributed by atoms with E-state index in [0.29, 0.717) is 0 Å². The van der Waals surface area contributed by atoms with Crippen molar-refractivity contribution < 1.29 is 9.59 Å². The predicted octanol–water partition coefficient (Wildman–Crippen LogP) is 1.69. The fourth-order valence-electron chi connectivity index (χ4n) is 3.26. The van der Waals surface area contributed by atoms with Crippen LogP contribution in [0.2, 0.25) is 0 Å². The zero-order chi connectivity index (χ0) is 10.6. The predicted molar refractivity (Wildman–Crippen MR) is 56.0 cm³/mol. The monoisotopic (exact) mass is 200 g/mol. The Bertz CT molecular complexity index is 401. The van der Waals surface area contributed by atoms with E-state index in [0.717, 1.165) is 0 Å². The highest BCUT2D eigenvalue weighted by atomic mass is 16.1. The molecule has 0 saturated heterocycles. The molecule has 1 saturated carbocycles. The summed E-state index contributed by atoms with van der Waals surface area (Å²) in [5.74, 6) is 0.415. The Balaban J connectivity index is 2.12. The van der Waals surface area contributed by atoms with Crippen molar-refractivity contribution in [1.82, 2.24) is 0 Å². The van der Waals surface area contributed by atoms with E-state index < -0.39 is 0 Å². The molecule has 3 aliphatic rings. The van der Waals surface area contributed by atoms with Gasteiger partial charge in [-0.1, -0.05) is 23.8 Å². The van der Waals surface area contributed by atoms with Gasteiger partial charge in [-0.05, 0) is 19.1 Å². The number of rotatable bonds is 0. The lowest BCUT2D eigenvalue weighted by Gasteiger charge is -2.12. The Hall–Kier alpha value is -1.44. The summed E-state index contributed by atoms with van der Waals surface area (Å²) in [4.78, 5) is 23.4. The van der Waals surface area contributed by atoms with Crippen LogP contribution < -0.4 is 0 Å². The molecular formula is C13H12O2. The van der Waals surface area contributed by atoms with E-state index in [1.165, 1.54) is 5.57 Å². The topological polar surface area (TPSA) is 34.1 Å². The third-order valence-corrected chi connectivity index (χ3v) is 3.86. The van der Waals surface area contributed by atoms with E-state index in [-0.39, 0.29) is 35.2 Å². The number of hydrogen-bond acceptors (Lipinski definition) is 2. The van der Waals surface area contributed by atoms with Crippen molar-refractivity contribution in [2.24, 2.45) is 23.7 Å². The van der Waals surface area contributed by atoms with Crippen LogP contribution in [-0.4, -0.2) is 11.6 Å². The highest BCUT2D eigenvalue weighted by molar-refractivity contribution is 6.04. The van der Waals surface area contributed by atoms with Gasteiger partial charge in [0.15, 0.2) is 11.6 Å². The summed E-state index contributed by atoms with van der Waals surface area (Å²) in [5, 5.41) is 0. The summed E-state index contributed by atoms with van der Waals surface area (Å²) in [5.41, 5.74) is 1.24. The lowest BCUT2D eigenvalue weighted by atomic mass is 9.87. The molecule has 0 radical (unpaired) electrons. The molecule has 4 atom stereocenters. The molecule has 2 nitrogen and oxygen atoms in total. The molecule has 0 heterocycles. The fraction of sp³-hybridized carbons (Fsp3) is 0.385. The molecule has 1 fully saturated rings. The number of fused-ring (bicyclic) bond motifs is 3. The summed E-state index contributed by atoms with van der Waals surface area (Å²) in [6.45, 7) is 1.99. The maximum absolute atomic E-state index is 11.7. The molecule has 2 heteroatoms. The first-order valence-electron chi connectivity index (χ1n) is 5.34. The molecule has 15 heavy (non-hydrogen) atoms. The van der Waals surface area contributed by atoms with Crippen molar-refractivity contribution in [3.8, 4) is 0 Å². The Morgan fingerprint density at radius 2 is 1.47 bits per heavy atom. The SMILES string of the molecule is CC=C1[C@H]2C=CC(=O)[C@H]2[C@H]2C(=O)C=C[C@@H]12. The summed E-state index contributed by atoms with van der Waals surface area (Å²) in [7, 11) is 0. The first-order valence-corrected chi connectivity index (χ1v) is 5.34. The lowest BCUT2D eigenvalue weighted by molar-refractivity contribution is -0.126. The molecule has 0 aromatic rings. The van der Waals surface area contributed by atoms with Crippen LogP contribution in [0.3, 0.4) is 0 Å². The van der Waals surface area contributed by atoms with E-state index in [4.69, 9.17) is 0 Å². The standard InChI is InChI=1S/C13H12O2/c1-2-7-8-3-5-10(14)12(8)13-9(7)4-6-11(13)15/h2-6,8-9,12-13H,1H3/t8-,9+,12+,13-. The van der Waals surface area contributed by atoms with Gasteiger partial charge in [0.05, 0.1) is 0 Å². The minimum absolute atomic E-state index is 0.108. The van der Waals surface area contributed by atoms with Gasteiger partial charge in [0.1, 0.15) is 0 Å². The Morgan fingerprint density at radius 1 is 1.00 bits per heavy atom. The first kappa shape index (κ1) is 8.84. The van der Waals surface area contributed by atoms with Gasteiger partial charge >= 0.3 is 0 Å². The van der Waals surface area contributed by atoms with Crippen LogP contribution in [0.4, 0.5) is 0 Å². The quantitative estimate of drug-likeness (QED) is 0.557. The highest BCUT2D eigenvalue weighted by Gasteiger charge is 2.53. The summed E-state index contributed by atoms with van der Waals surface area (Å²) >= 11 is 0. The average Bonchev–Trinajstić information content (AvgIpc) is 2.82. The molecule has 0 amide bonds. The van der Waals surface area contributed by atoms with Gasteiger partial charge in [-0.15, -0.1) is 0 Å². The molecule has 76 valence electrons. The number of carbonyl (C=O) groups excluding carboxylic acids is 2. The lowest BCUT2D eigenvalue weighted by Crippen LogP contribution is -2.24. The first-order chi connectivity index (χ1) is 7.24. The van der Waals surface area contributed by atoms with E-state index in [1.54, 1.807) is 12.2 Å². The minimum atomic E-state index is -0.108. The average molecular weight is 200 g/mol. The molecule has 0 aliphatic heterocycles. The third kappa shape index (κ3) is 0.942. The van der Waals surface area contributed by atoms with Crippen LogP contribution in [-0.2, 0) is 9.59 Å². The van der Waals surface area contributed by atoms with Crippen LogP contribution >= 0.6 is 0 Å². The number of ketones is 2. The highest BCUT2D eigenvalue weighted by Crippen LogP contribution is 2.52. The van der Waals surface area contributed by atoms with Gasteiger partial charge in [-0.2, -0.15) is 0 Å². The van der Waals surface area contributed by atoms with E-state index in [1.807, 2.05) is 19.1 Å². The van der Waals surface area contributed by atoms with Gasteiger partial charge in [-0.3, -0.25) is 9.59 Å². The van der Waals surface area contributed by atoms with Gasteiger partial charge < -0.3 is 0 Å². The molecule has 0 unspecified atom stereocenters. The van der Waals surface area contributed by atoms with Crippen LogP contribution in [0.15, 0.2) is 36.0 Å².